The van der Waals surface area contributed by atoms with Gasteiger partial charge in [-0.25, -0.2) is 9.37 Å². The van der Waals surface area contributed by atoms with Gasteiger partial charge in [0.15, 0.2) is 5.82 Å². The first kappa shape index (κ1) is 19.8. The van der Waals surface area contributed by atoms with Crippen LogP contribution in [0.2, 0.25) is 5.02 Å². The van der Waals surface area contributed by atoms with Crippen molar-refractivity contribution in [3.05, 3.63) is 47.4 Å². The largest absolute Gasteiger partial charge is 0.367 e. The zero-order valence-corrected chi connectivity index (χ0v) is 17.0. The maximum absolute atomic E-state index is 13.7. The van der Waals surface area contributed by atoms with Crippen LogP contribution >= 0.6 is 11.6 Å². The number of anilines is 3. The Morgan fingerprint density at radius 2 is 1.97 bits per heavy atom. The first-order valence-corrected chi connectivity index (χ1v) is 9.96. The summed E-state index contributed by atoms with van der Waals surface area (Å²) in [7, 11) is 2.15. The van der Waals surface area contributed by atoms with E-state index in [1.165, 1.54) is 12.1 Å². The quantitative estimate of drug-likeness (QED) is 0.640. The van der Waals surface area contributed by atoms with Gasteiger partial charge in [-0.3, -0.25) is 9.88 Å². The fourth-order valence-electron chi connectivity index (χ4n) is 3.25. The molecule has 29 heavy (non-hydrogen) atoms. The van der Waals surface area contributed by atoms with Crippen LogP contribution in [-0.4, -0.2) is 71.1 Å². The van der Waals surface area contributed by atoms with Gasteiger partial charge in [-0.1, -0.05) is 11.6 Å². The Kier molecular flexibility index (Phi) is 6.03. The Morgan fingerprint density at radius 3 is 2.76 bits per heavy atom. The summed E-state index contributed by atoms with van der Waals surface area (Å²) in [4.78, 5) is 18.2. The van der Waals surface area contributed by atoms with Crippen molar-refractivity contribution in [3.8, 4) is 0 Å². The molecule has 152 valence electrons. The highest BCUT2D eigenvalue weighted by Crippen LogP contribution is 2.24. The third-order valence-corrected chi connectivity index (χ3v) is 5.25. The van der Waals surface area contributed by atoms with Crippen molar-refractivity contribution in [2.24, 2.45) is 0 Å². The van der Waals surface area contributed by atoms with E-state index in [0.717, 1.165) is 39.3 Å². The summed E-state index contributed by atoms with van der Waals surface area (Å²) in [5.74, 6) is 0.528. The second kappa shape index (κ2) is 8.86. The minimum atomic E-state index is -0.496. The third kappa shape index (κ3) is 4.90. The van der Waals surface area contributed by atoms with E-state index < -0.39 is 5.82 Å². The molecule has 0 aliphatic carbocycles. The van der Waals surface area contributed by atoms with Gasteiger partial charge < -0.3 is 15.5 Å². The number of likely N-dealkylation sites (N-methyl/N-ethyl adjacent to an activating group) is 1. The summed E-state index contributed by atoms with van der Waals surface area (Å²) in [6.07, 6.45) is 1.72. The van der Waals surface area contributed by atoms with Crippen LogP contribution in [0.25, 0.3) is 11.0 Å². The molecule has 2 N–H and O–H groups in total. The van der Waals surface area contributed by atoms with Crippen LogP contribution < -0.4 is 10.6 Å². The third-order valence-electron chi connectivity index (χ3n) is 4.95. The fourth-order valence-corrected chi connectivity index (χ4v) is 3.37. The predicted octanol–water partition coefficient (Wildman–Crippen LogP) is 3.22. The summed E-state index contributed by atoms with van der Waals surface area (Å²) in [5.41, 5.74) is 1.94. The highest BCUT2D eigenvalue weighted by Gasteiger charge is 2.14. The summed E-state index contributed by atoms with van der Waals surface area (Å²) in [5, 5.41) is 6.51. The molecule has 7 nitrogen and oxygen atoms in total. The van der Waals surface area contributed by atoms with Gasteiger partial charge >= 0.3 is 0 Å². The molecule has 0 atom stereocenters. The summed E-state index contributed by atoms with van der Waals surface area (Å²) < 4.78 is 13.7. The predicted molar refractivity (Wildman–Crippen MR) is 114 cm³/mol. The van der Waals surface area contributed by atoms with Crippen LogP contribution in [0.5, 0.6) is 0 Å². The molecular weight excluding hydrogens is 393 g/mol. The smallest absolute Gasteiger partial charge is 0.229 e. The molecule has 0 spiro atoms. The number of hydrogen-bond donors (Lipinski definition) is 2. The molecule has 1 fully saturated rings. The molecule has 0 radical (unpaired) electrons. The number of fused-ring (bicyclic) bond motifs is 1. The zero-order valence-electron chi connectivity index (χ0n) is 16.2. The summed E-state index contributed by atoms with van der Waals surface area (Å²) in [6.45, 7) is 5.98. The van der Waals surface area contributed by atoms with E-state index in [2.05, 4.69) is 42.4 Å². The number of nitrogens with zero attached hydrogens (tertiary/aromatic N) is 5. The molecule has 0 amide bonds. The lowest BCUT2D eigenvalue weighted by molar-refractivity contribution is 0.158. The van der Waals surface area contributed by atoms with Crippen LogP contribution in [0.4, 0.5) is 21.8 Å². The van der Waals surface area contributed by atoms with Crippen molar-refractivity contribution < 1.29 is 4.39 Å². The SMILES string of the molecule is CN1CCN(CCNc2nc(Nc3ccc(Cl)c(F)c3)nc3cccnc23)CC1. The van der Waals surface area contributed by atoms with E-state index in [4.69, 9.17) is 11.6 Å². The van der Waals surface area contributed by atoms with E-state index >= 15 is 0 Å². The normalized spacial score (nSPS) is 15.6. The van der Waals surface area contributed by atoms with Gasteiger partial charge in [0.1, 0.15) is 11.3 Å². The Hall–Kier alpha value is -2.55. The highest BCUT2D eigenvalue weighted by molar-refractivity contribution is 6.30. The van der Waals surface area contributed by atoms with Gasteiger partial charge in [-0.2, -0.15) is 4.98 Å². The number of aromatic nitrogens is 3. The Bertz CT molecular complexity index is 992. The lowest BCUT2D eigenvalue weighted by Crippen LogP contribution is -2.45. The monoisotopic (exact) mass is 415 g/mol. The second-order valence-corrected chi connectivity index (χ2v) is 7.50. The standard InChI is InChI=1S/C20H23ClFN7/c1-28-9-11-29(12-10-28)8-7-24-19-18-17(3-2-6-23-18)26-20(27-19)25-14-4-5-15(21)16(22)13-14/h2-6,13H,7-12H2,1H3,(H2,24,25,26,27). The molecule has 1 aliphatic heterocycles. The molecule has 0 unspecified atom stereocenters. The van der Waals surface area contributed by atoms with Crippen molar-refractivity contribution in [2.75, 3.05) is 56.9 Å². The first-order chi connectivity index (χ1) is 14.1. The summed E-state index contributed by atoms with van der Waals surface area (Å²) >= 11 is 5.76. The van der Waals surface area contributed by atoms with Crippen molar-refractivity contribution >= 4 is 40.1 Å². The van der Waals surface area contributed by atoms with E-state index in [0.29, 0.717) is 28.5 Å². The number of rotatable bonds is 6. The number of halogens is 2. The molecule has 0 bridgehead atoms. The second-order valence-electron chi connectivity index (χ2n) is 7.09. The Labute approximate surface area is 173 Å². The Morgan fingerprint density at radius 1 is 1.14 bits per heavy atom. The number of hydrogen-bond acceptors (Lipinski definition) is 7. The van der Waals surface area contributed by atoms with Crippen LogP contribution in [0.15, 0.2) is 36.5 Å². The zero-order chi connectivity index (χ0) is 20.2. The number of piperazine rings is 1. The lowest BCUT2D eigenvalue weighted by Gasteiger charge is -2.32. The minimum Gasteiger partial charge on any atom is -0.367 e. The lowest BCUT2D eigenvalue weighted by atomic mass is 10.3. The number of benzene rings is 1. The molecule has 3 aromatic rings. The molecule has 1 saturated heterocycles. The maximum atomic E-state index is 13.7. The first-order valence-electron chi connectivity index (χ1n) is 9.58. The number of pyridine rings is 1. The van der Waals surface area contributed by atoms with E-state index in [1.54, 1.807) is 12.3 Å². The van der Waals surface area contributed by atoms with Crippen molar-refractivity contribution in [1.82, 2.24) is 24.8 Å². The van der Waals surface area contributed by atoms with Gasteiger partial charge in [0.05, 0.1) is 10.5 Å². The van der Waals surface area contributed by atoms with E-state index in [-0.39, 0.29) is 5.02 Å². The molecule has 3 heterocycles. The van der Waals surface area contributed by atoms with E-state index in [9.17, 15) is 4.39 Å². The van der Waals surface area contributed by atoms with Crippen LogP contribution in [0, 0.1) is 5.82 Å². The van der Waals surface area contributed by atoms with Crippen LogP contribution in [0.1, 0.15) is 0 Å². The average Bonchev–Trinajstić information content (AvgIpc) is 2.72. The Balaban J connectivity index is 1.50. The van der Waals surface area contributed by atoms with Gasteiger partial charge in [-0.15, -0.1) is 0 Å². The molecular formula is C20H23ClFN7. The van der Waals surface area contributed by atoms with Gasteiger partial charge in [0.25, 0.3) is 0 Å². The highest BCUT2D eigenvalue weighted by atomic mass is 35.5. The van der Waals surface area contributed by atoms with E-state index in [1.807, 2.05) is 12.1 Å². The van der Waals surface area contributed by atoms with Gasteiger partial charge in [-0.05, 0) is 37.4 Å². The van der Waals surface area contributed by atoms with Crippen LogP contribution in [0.3, 0.4) is 0 Å². The topological polar surface area (TPSA) is 69.2 Å². The average molecular weight is 416 g/mol. The number of nitrogens with one attached hydrogen (secondary N) is 2. The van der Waals surface area contributed by atoms with Crippen LogP contribution in [-0.2, 0) is 0 Å². The minimum absolute atomic E-state index is 0.0745. The van der Waals surface area contributed by atoms with Crippen molar-refractivity contribution in [2.45, 2.75) is 0 Å². The summed E-state index contributed by atoms with van der Waals surface area (Å²) in [6, 6.07) is 8.21. The van der Waals surface area contributed by atoms with Crippen molar-refractivity contribution in [3.63, 3.8) is 0 Å². The maximum Gasteiger partial charge on any atom is 0.229 e. The molecule has 9 heteroatoms. The van der Waals surface area contributed by atoms with Gasteiger partial charge in [0.2, 0.25) is 5.95 Å². The molecule has 2 aromatic heterocycles. The molecule has 1 aromatic carbocycles. The van der Waals surface area contributed by atoms with Crippen molar-refractivity contribution in [1.29, 1.82) is 0 Å². The fraction of sp³-hybridized carbons (Fsp3) is 0.350. The molecule has 4 rings (SSSR count). The van der Waals surface area contributed by atoms with Gasteiger partial charge in [0, 0.05) is 51.2 Å². The molecule has 1 aliphatic rings. The molecule has 0 saturated carbocycles.